The van der Waals surface area contributed by atoms with Gasteiger partial charge in [-0.1, -0.05) is 39.0 Å². The van der Waals surface area contributed by atoms with Crippen LogP contribution in [0.25, 0.3) is 0 Å². The van der Waals surface area contributed by atoms with Crippen molar-refractivity contribution in [2.24, 2.45) is 5.92 Å². The SMILES string of the molecule is CCCCCCCC(C(=O)OOC(C)(C)C)C(=O)OOC(C)(C)C. The van der Waals surface area contributed by atoms with E-state index < -0.39 is 29.1 Å². The molecule has 0 heterocycles. The van der Waals surface area contributed by atoms with Crippen molar-refractivity contribution in [3.63, 3.8) is 0 Å². The quantitative estimate of drug-likeness (QED) is 0.251. The molecule has 0 saturated heterocycles. The Kier molecular flexibility index (Phi) is 10.2. The van der Waals surface area contributed by atoms with Crippen molar-refractivity contribution < 1.29 is 29.1 Å². The molecule has 0 unspecified atom stereocenters. The van der Waals surface area contributed by atoms with Gasteiger partial charge < -0.3 is 0 Å². The molecule has 0 aromatic rings. The van der Waals surface area contributed by atoms with E-state index in [0.717, 1.165) is 32.1 Å². The van der Waals surface area contributed by atoms with Crippen LogP contribution in [0.1, 0.15) is 87.0 Å². The fourth-order valence-corrected chi connectivity index (χ4v) is 1.73. The van der Waals surface area contributed by atoms with E-state index in [-0.39, 0.29) is 0 Å². The summed E-state index contributed by atoms with van der Waals surface area (Å²) in [6.45, 7) is 12.6. The molecule has 6 heteroatoms. The van der Waals surface area contributed by atoms with Crippen molar-refractivity contribution in [1.82, 2.24) is 0 Å². The highest BCUT2D eigenvalue weighted by Gasteiger charge is 2.33. The molecule has 0 spiro atoms. The van der Waals surface area contributed by atoms with Gasteiger partial charge in [0.15, 0.2) is 5.92 Å². The van der Waals surface area contributed by atoms with Crippen molar-refractivity contribution in [3.8, 4) is 0 Å². The lowest BCUT2D eigenvalue weighted by Gasteiger charge is -2.21. The molecule has 0 aromatic carbocycles. The second kappa shape index (κ2) is 10.7. The van der Waals surface area contributed by atoms with E-state index in [1.165, 1.54) is 0 Å². The summed E-state index contributed by atoms with van der Waals surface area (Å²) in [5.41, 5.74) is -1.29. The highest BCUT2D eigenvalue weighted by atomic mass is 17.2. The summed E-state index contributed by atoms with van der Waals surface area (Å²) in [5, 5.41) is 0. The smallest absolute Gasteiger partial charge is 0.297 e. The molecule has 0 N–H and O–H groups in total. The zero-order valence-electron chi connectivity index (χ0n) is 16.3. The van der Waals surface area contributed by atoms with Gasteiger partial charge in [0.25, 0.3) is 0 Å². The predicted molar refractivity (Wildman–Crippen MR) is 90.7 cm³/mol. The molecule has 0 rings (SSSR count). The number of carbonyl (C=O) groups excluding carboxylic acids is 2. The van der Waals surface area contributed by atoms with Crippen molar-refractivity contribution in [2.75, 3.05) is 0 Å². The first-order chi connectivity index (χ1) is 11.0. The summed E-state index contributed by atoms with van der Waals surface area (Å²) in [4.78, 5) is 44.0. The van der Waals surface area contributed by atoms with Gasteiger partial charge in [-0.15, -0.1) is 0 Å². The normalized spacial score (nSPS) is 12.3. The number of unbranched alkanes of at least 4 members (excludes halogenated alkanes) is 4. The average molecular weight is 346 g/mol. The first kappa shape index (κ1) is 22.9. The maximum atomic E-state index is 12.2. The third-order valence-corrected chi connectivity index (χ3v) is 2.91. The predicted octanol–water partition coefficient (Wildman–Crippen LogP) is 4.51. The van der Waals surface area contributed by atoms with Crippen LogP contribution >= 0.6 is 0 Å². The topological polar surface area (TPSA) is 71.1 Å². The third kappa shape index (κ3) is 12.3. The average Bonchev–Trinajstić information content (AvgIpc) is 2.44. The van der Waals surface area contributed by atoms with E-state index >= 15 is 0 Å². The Balaban J connectivity index is 4.62. The van der Waals surface area contributed by atoms with Gasteiger partial charge in [0.2, 0.25) is 0 Å². The fourth-order valence-electron chi connectivity index (χ4n) is 1.73. The number of carbonyl (C=O) groups is 2. The molecular formula is C18H34O6. The molecule has 0 atom stereocenters. The Morgan fingerprint density at radius 1 is 0.750 bits per heavy atom. The molecule has 0 fully saturated rings. The van der Waals surface area contributed by atoms with Crippen molar-refractivity contribution in [2.45, 2.75) is 98.2 Å². The molecule has 6 nitrogen and oxygen atoms in total. The zero-order valence-corrected chi connectivity index (χ0v) is 16.3. The van der Waals surface area contributed by atoms with Crippen molar-refractivity contribution in [3.05, 3.63) is 0 Å². The van der Waals surface area contributed by atoms with Crippen molar-refractivity contribution >= 4 is 11.9 Å². The van der Waals surface area contributed by atoms with E-state index in [2.05, 4.69) is 6.92 Å². The molecule has 0 aliphatic heterocycles. The van der Waals surface area contributed by atoms with Crippen LogP contribution in [-0.4, -0.2) is 23.1 Å². The molecule has 0 bridgehead atoms. The minimum atomic E-state index is -1.05. The molecule has 24 heavy (non-hydrogen) atoms. The summed E-state index contributed by atoms with van der Waals surface area (Å²) in [7, 11) is 0. The number of hydrogen-bond donors (Lipinski definition) is 0. The van der Waals surface area contributed by atoms with Crippen LogP contribution in [0.3, 0.4) is 0 Å². The second-order valence-electron chi connectivity index (χ2n) is 7.95. The Hall–Kier alpha value is -1.14. The van der Waals surface area contributed by atoms with Crippen LogP contribution in [-0.2, 0) is 29.1 Å². The lowest BCUT2D eigenvalue weighted by atomic mass is 10.0. The van der Waals surface area contributed by atoms with E-state index in [0.29, 0.717) is 6.42 Å². The number of rotatable bonds is 10. The summed E-state index contributed by atoms with van der Waals surface area (Å²) in [6, 6.07) is 0. The van der Waals surface area contributed by atoms with Crippen LogP contribution < -0.4 is 0 Å². The van der Waals surface area contributed by atoms with Gasteiger partial charge in [0.05, 0.1) is 0 Å². The molecule has 0 aliphatic carbocycles. The van der Waals surface area contributed by atoms with Gasteiger partial charge in [-0.05, 0) is 48.0 Å². The van der Waals surface area contributed by atoms with Gasteiger partial charge >= 0.3 is 11.9 Å². The summed E-state index contributed by atoms with van der Waals surface area (Å²) in [5.74, 6) is -2.54. The van der Waals surface area contributed by atoms with Crippen LogP contribution in [0.15, 0.2) is 0 Å². The maximum absolute atomic E-state index is 12.2. The van der Waals surface area contributed by atoms with E-state index in [9.17, 15) is 9.59 Å². The van der Waals surface area contributed by atoms with E-state index in [4.69, 9.17) is 19.6 Å². The first-order valence-electron chi connectivity index (χ1n) is 8.75. The van der Waals surface area contributed by atoms with Gasteiger partial charge in [-0.3, -0.25) is 9.78 Å². The van der Waals surface area contributed by atoms with E-state index in [1.54, 1.807) is 41.5 Å². The molecule has 0 aromatic heterocycles. The molecule has 0 saturated carbocycles. The molecule has 0 aliphatic rings. The van der Waals surface area contributed by atoms with Gasteiger partial charge in [0.1, 0.15) is 11.2 Å². The monoisotopic (exact) mass is 346 g/mol. The van der Waals surface area contributed by atoms with Crippen LogP contribution in [0.2, 0.25) is 0 Å². The lowest BCUT2D eigenvalue weighted by molar-refractivity contribution is -0.334. The third-order valence-electron chi connectivity index (χ3n) is 2.91. The van der Waals surface area contributed by atoms with E-state index in [1.807, 2.05) is 0 Å². The molecule has 142 valence electrons. The summed E-state index contributed by atoms with van der Waals surface area (Å²) < 4.78 is 0. The first-order valence-corrected chi connectivity index (χ1v) is 8.75. The lowest BCUT2D eigenvalue weighted by Crippen LogP contribution is -2.33. The van der Waals surface area contributed by atoms with Gasteiger partial charge in [0, 0.05) is 0 Å². The Morgan fingerprint density at radius 3 is 1.54 bits per heavy atom. The minimum absolute atomic E-state index is 0.350. The Labute approximate surface area is 146 Å². The largest absolute Gasteiger partial charge is 0.356 e. The van der Waals surface area contributed by atoms with Crippen LogP contribution in [0.5, 0.6) is 0 Å². The van der Waals surface area contributed by atoms with Crippen LogP contribution in [0.4, 0.5) is 0 Å². The molecular weight excluding hydrogens is 312 g/mol. The molecule has 0 radical (unpaired) electrons. The van der Waals surface area contributed by atoms with Crippen LogP contribution in [0, 0.1) is 5.92 Å². The molecule has 0 amide bonds. The number of hydrogen-bond acceptors (Lipinski definition) is 6. The van der Waals surface area contributed by atoms with Gasteiger partial charge in [-0.2, -0.15) is 9.78 Å². The highest BCUT2D eigenvalue weighted by molar-refractivity contribution is 5.94. The summed E-state index contributed by atoms with van der Waals surface area (Å²) in [6.07, 6.45) is 5.38. The Morgan fingerprint density at radius 2 is 1.17 bits per heavy atom. The fraction of sp³-hybridized carbons (Fsp3) is 0.889. The van der Waals surface area contributed by atoms with Gasteiger partial charge in [-0.25, -0.2) is 9.59 Å². The Bertz CT molecular complexity index is 348. The highest BCUT2D eigenvalue weighted by Crippen LogP contribution is 2.19. The maximum Gasteiger partial charge on any atom is 0.356 e. The summed E-state index contributed by atoms with van der Waals surface area (Å²) >= 11 is 0. The zero-order chi connectivity index (χ0) is 18.8. The minimum Gasteiger partial charge on any atom is -0.297 e. The standard InChI is InChI=1S/C18H34O6/c1-8-9-10-11-12-13-14(15(19)21-23-17(2,3)4)16(20)22-24-18(5,6)7/h14H,8-13H2,1-7H3. The van der Waals surface area contributed by atoms with Crippen molar-refractivity contribution in [1.29, 1.82) is 0 Å². The second-order valence-corrected chi connectivity index (χ2v) is 7.95.